The van der Waals surface area contributed by atoms with Crippen molar-refractivity contribution in [3.8, 4) is 28.5 Å². The molecule has 2 aliphatic rings. The van der Waals surface area contributed by atoms with Crippen LogP contribution >= 0.6 is 0 Å². The molecule has 1 aromatic heterocycles. The lowest BCUT2D eigenvalue weighted by atomic mass is 9.94. The van der Waals surface area contributed by atoms with Gasteiger partial charge in [0, 0.05) is 22.6 Å². The van der Waals surface area contributed by atoms with Crippen molar-refractivity contribution in [2.75, 3.05) is 20.3 Å². The maximum absolute atomic E-state index is 13.5. The molecule has 0 saturated heterocycles. The average Bonchev–Trinajstić information content (AvgIpc) is 3.62. The van der Waals surface area contributed by atoms with E-state index in [1.165, 1.54) is 19.2 Å². The number of amides is 1. The van der Waals surface area contributed by atoms with E-state index < -0.39 is 5.60 Å². The molecule has 1 fully saturated rings. The van der Waals surface area contributed by atoms with Crippen LogP contribution in [0.15, 0.2) is 48.5 Å². The third-order valence-electron chi connectivity index (χ3n) is 6.52. The first kappa shape index (κ1) is 24.1. The van der Waals surface area contributed by atoms with E-state index in [4.69, 9.17) is 14.2 Å². The smallest absolute Gasteiger partial charge is 0.251 e. The highest BCUT2D eigenvalue weighted by Crippen LogP contribution is 2.42. The van der Waals surface area contributed by atoms with Crippen molar-refractivity contribution in [3.63, 3.8) is 0 Å². The highest BCUT2D eigenvalue weighted by atomic mass is 19.1. The van der Waals surface area contributed by atoms with Crippen LogP contribution in [-0.2, 0) is 5.60 Å². The molecule has 2 aromatic carbocycles. The van der Waals surface area contributed by atoms with Crippen LogP contribution in [0.4, 0.5) is 4.39 Å². The van der Waals surface area contributed by atoms with E-state index >= 15 is 0 Å². The van der Waals surface area contributed by atoms with Gasteiger partial charge >= 0.3 is 0 Å². The summed E-state index contributed by atoms with van der Waals surface area (Å²) in [6, 6.07) is 12.8. The zero-order valence-electron chi connectivity index (χ0n) is 20.5. The van der Waals surface area contributed by atoms with Crippen molar-refractivity contribution < 1.29 is 28.5 Å². The fourth-order valence-corrected chi connectivity index (χ4v) is 4.16. The molecule has 0 bridgehead atoms. The number of hydrogen-bond donors (Lipinski definition) is 2. The van der Waals surface area contributed by atoms with Gasteiger partial charge in [-0.15, -0.1) is 0 Å². The molecule has 1 aliphatic heterocycles. The summed E-state index contributed by atoms with van der Waals surface area (Å²) in [5.74, 6) is 1.13. The Hall–Kier alpha value is -3.65. The number of hydrogen-bond acceptors (Lipinski definition) is 6. The Morgan fingerprint density at radius 2 is 1.94 bits per heavy atom. The lowest BCUT2D eigenvalue weighted by molar-refractivity contribution is 0.0489. The van der Waals surface area contributed by atoms with Crippen LogP contribution in [0.25, 0.3) is 11.3 Å². The normalized spacial score (nSPS) is 18.1. The number of rotatable bonds is 8. The van der Waals surface area contributed by atoms with E-state index in [0.29, 0.717) is 46.4 Å². The molecule has 36 heavy (non-hydrogen) atoms. The number of ether oxygens (including phenoxy) is 3. The van der Waals surface area contributed by atoms with Gasteiger partial charge in [-0.05, 0) is 68.3 Å². The predicted molar refractivity (Wildman–Crippen MR) is 132 cm³/mol. The van der Waals surface area contributed by atoms with E-state index in [-0.39, 0.29) is 30.3 Å². The number of aliphatic hydroxyl groups is 1. The summed E-state index contributed by atoms with van der Waals surface area (Å²) >= 11 is 0. The van der Waals surface area contributed by atoms with Crippen LogP contribution in [0.2, 0.25) is 0 Å². The Bertz CT molecular complexity index is 1290. The summed E-state index contributed by atoms with van der Waals surface area (Å²) in [6.45, 7) is 4.06. The minimum Gasteiger partial charge on any atom is -0.493 e. The van der Waals surface area contributed by atoms with Gasteiger partial charge in [-0.3, -0.25) is 4.79 Å². The first-order valence-corrected chi connectivity index (χ1v) is 12.0. The van der Waals surface area contributed by atoms with Gasteiger partial charge in [-0.1, -0.05) is 6.92 Å². The first-order chi connectivity index (χ1) is 17.2. The summed E-state index contributed by atoms with van der Waals surface area (Å²) in [7, 11) is 1.53. The Labute approximate surface area is 209 Å². The minimum atomic E-state index is -1.47. The Balaban J connectivity index is 1.37. The number of carbonyl (C=O) groups excluding carboxylic acids is 1. The summed E-state index contributed by atoms with van der Waals surface area (Å²) < 4.78 is 30.6. The molecular weight excluding hydrogens is 463 g/mol. The number of methoxy groups -OCH3 is 1. The first-order valence-electron chi connectivity index (χ1n) is 12.0. The maximum Gasteiger partial charge on any atom is 0.251 e. The number of halogens is 1. The van der Waals surface area contributed by atoms with Gasteiger partial charge in [0.05, 0.1) is 32.1 Å². The van der Waals surface area contributed by atoms with Crippen LogP contribution in [0.1, 0.15) is 54.2 Å². The Morgan fingerprint density at radius 3 is 2.64 bits per heavy atom. The van der Waals surface area contributed by atoms with E-state index in [1.54, 1.807) is 37.3 Å². The van der Waals surface area contributed by atoms with E-state index in [1.807, 2.05) is 13.0 Å². The molecule has 5 rings (SSSR count). The summed E-state index contributed by atoms with van der Waals surface area (Å²) in [4.78, 5) is 17.6. The van der Waals surface area contributed by atoms with Crippen LogP contribution in [0.5, 0.6) is 17.2 Å². The summed E-state index contributed by atoms with van der Waals surface area (Å²) in [5.41, 5.74) is 1.45. The standard InChI is InChI=1S/C28H29FN2O5/c1-16-14-35-26-21(16)13-24(31-25(26)17-4-7-19(29)8-5-17)28(2,33)15-30-27(32)18-6-11-22(23(12-18)34-3)36-20-9-10-20/h4-8,11-13,16,20,33H,9-10,14-15H2,1-3H3,(H,30,32)/t16-,28?/m1/s1. The third kappa shape index (κ3) is 4.86. The zero-order valence-corrected chi connectivity index (χ0v) is 20.5. The monoisotopic (exact) mass is 492 g/mol. The molecule has 3 aromatic rings. The molecule has 1 saturated carbocycles. The molecule has 7 nitrogen and oxygen atoms in total. The fraction of sp³-hybridized carbons (Fsp3) is 0.357. The zero-order chi connectivity index (χ0) is 25.4. The second-order valence-electron chi connectivity index (χ2n) is 9.63. The van der Waals surface area contributed by atoms with Crippen molar-refractivity contribution in [2.45, 2.75) is 44.3 Å². The highest BCUT2D eigenvalue weighted by molar-refractivity contribution is 5.95. The number of benzene rings is 2. The number of fused-ring (bicyclic) bond motifs is 1. The number of carbonyl (C=O) groups is 1. The number of nitrogens with one attached hydrogen (secondary N) is 1. The van der Waals surface area contributed by atoms with Crippen LogP contribution < -0.4 is 19.5 Å². The lowest BCUT2D eigenvalue weighted by Gasteiger charge is -2.25. The van der Waals surface area contributed by atoms with Crippen LogP contribution in [0.3, 0.4) is 0 Å². The molecule has 1 amide bonds. The van der Waals surface area contributed by atoms with Crippen molar-refractivity contribution in [1.29, 1.82) is 0 Å². The van der Waals surface area contributed by atoms with Gasteiger partial charge in [-0.2, -0.15) is 0 Å². The molecule has 2 N–H and O–H groups in total. The minimum absolute atomic E-state index is 0.0711. The fourth-order valence-electron chi connectivity index (χ4n) is 4.16. The van der Waals surface area contributed by atoms with Gasteiger partial charge in [0.1, 0.15) is 22.9 Å². The topological polar surface area (TPSA) is 89.9 Å². The van der Waals surface area contributed by atoms with Crippen molar-refractivity contribution >= 4 is 5.91 Å². The molecule has 188 valence electrons. The predicted octanol–water partition coefficient (Wildman–Crippen LogP) is 4.57. The number of aromatic nitrogens is 1. The van der Waals surface area contributed by atoms with Gasteiger partial charge in [0.15, 0.2) is 11.5 Å². The molecule has 0 radical (unpaired) electrons. The maximum atomic E-state index is 13.5. The van der Waals surface area contributed by atoms with Crippen molar-refractivity contribution in [2.24, 2.45) is 0 Å². The number of nitrogens with zero attached hydrogens (tertiary/aromatic N) is 1. The number of pyridine rings is 1. The Kier molecular flexibility index (Phi) is 6.30. The van der Waals surface area contributed by atoms with E-state index in [0.717, 1.165) is 18.4 Å². The summed E-state index contributed by atoms with van der Waals surface area (Å²) in [5, 5.41) is 14.1. The quantitative estimate of drug-likeness (QED) is 0.479. The van der Waals surface area contributed by atoms with E-state index in [2.05, 4.69) is 10.3 Å². The van der Waals surface area contributed by atoms with Gasteiger partial charge in [-0.25, -0.2) is 9.37 Å². The Morgan fingerprint density at radius 1 is 1.19 bits per heavy atom. The van der Waals surface area contributed by atoms with Gasteiger partial charge < -0.3 is 24.6 Å². The average molecular weight is 493 g/mol. The van der Waals surface area contributed by atoms with Gasteiger partial charge in [0.2, 0.25) is 0 Å². The lowest BCUT2D eigenvalue weighted by Crippen LogP contribution is -2.39. The van der Waals surface area contributed by atoms with Gasteiger partial charge in [0.25, 0.3) is 5.91 Å². The third-order valence-corrected chi connectivity index (χ3v) is 6.52. The highest BCUT2D eigenvalue weighted by Gasteiger charge is 2.32. The van der Waals surface area contributed by atoms with E-state index in [9.17, 15) is 14.3 Å². The molecule has 2 atom stereocenters. The molecule has 1 aliphatic carbocycles. The van der Waals surface area contributed by atoms with Crippen molar-refractivity contribution in [3.05, 3.63) is 71.2 Å². The largest absolute Gasteiger partial charge is 0.493 e. The van der Waals surface area contributed by atoms with Crippen LogP contribution in [-0.4, -0.2) is 42.4 Å². The molecule has 1 unspecified atom stereocenters. The molecule has 2 heterocycles. The summed E-state index contributed by atoms with van der Waals surface area (Å²) in [6.07, 6.45) is 2.25. The molecule has 8 heteroatoms. The van der Waals surface area contributed by atoms with Crippen LogP contribution in [0, 0.1) is 5.82 Å². The van der Waals surface area contributed by atoms with Crippen molar-refractivity contribution in [1.82, 2.24) is 10.3 Å². The molecule has 0 spiro atoms. The second kappa shape index (κ2) is 9.43. The SMILES string of the molecule is COc1cc(C(=O)NCC(C)(O)c2cc3c(c(-c4ccc(F)cc4)n2)OC[C@H]3C)ccc1OC1CC1. The molecular formula is C28H29FN2O5. The second-order valence-corrected chi connectivity index (χ2v) is 9.63.